The van der Waals surface area contributed by atoms with Crippen LogP contribution in [0.25, 0.3) is 0 Å². The molecule has 0 aromatic carbocycles. The normalized spacial score (nSPS) is 30.4. The SMILES string of the molecule is COC1=CC(OC)CCC1CNC1=C2C(Br)=NNC2CC=N1. The van der Waals surface area contributed by atoms with E-state index in [9.17, 15) is 0 Å². The average molecular weight is 369 g/mol. The number of nitrogens with one attached hydrogen (secondary N) is 2. The van der Waals surface area contributed by atoms with Crippen molar-refractivity contribution in [3.8, 4) is 0 Å². The van der Waals surface area contributed by atoms with E-state index >= 15 is 0 Å². The first kappa shape index (κ1) is 15.6. The monoisotopic (exact) mass is 368 g/mol. The molecule has 22 heavy (non-hydrogen) atoms. The van der Waals surface area contributed by atoms with Crippen LogP contribution in [0.15, 0.2) is 33.3 Å². The fourth-order valence-electron chi connectivity index (χ4n) is 3.05. The fourth-order valence-corrected chi connectivity index (χ4v) is 3.62. The molecule has 0 bridgehead atoms. The van der Waals surface area contributed by atoms with Gasteiger partial charge in [-0.25, -0.2) is 4.99 Å². The third-order valence-corrected chi connectivity index (χ3v) is 4.92. The van der Waals surface area contributed by atoms with E-state index in [0.717, 1.165) is 47.6 Å². The van der Waals surface area contributed by atoms with Gasteiger partial charge < -0.3 is 20.2 Å². The van der Waals surface area contributed by atoms with E-state index in [4.69, 9.17) is 9.47 Å². The minimum Gasteiger partial charge on any atom is -0.501 e. The lowest BCUT2D eigenvalue weighted by atomic mass is 9.92. The summed E-state index contributed by atoms with van der Waals surface area (Å²) >= 11 is 3.49. The zero-order valence-corrected chi connectivity index (χ0v) is 14.4. The van der Waals surface area contributed by atoms with Crippen molar-refractivity contribution in [2.45, 2.75) is 31.4 Å². The highest BCUT2D eigenvalue weighted by molar-refractivity contribution is 9.18. The van der Waals surface area contributed by atoms with Gasteiger partial charge in [0.15, 0.2) is 0 Å². The van der Waals surface area contributed by atoms with E-state index in [1.165, 1.54) is 0 Å². The molecule has 0 aromatic rings. The lowest BCUT2D eigenvalue weighted by Crippen LogP contribution is -2.33. The molecule has 1 aliphatic carbocycles. The van der Waals surface area contributed by atoms with E-state index < -0.39 is 0 Å². The van der Waals surface area contributed by atoms with Crippen LogP contribution in [0, 0.1) is 5.92 Å². The topological polar surface area (TPSA) is 67.2 Å². The number of fused-ring (bicyclic) bond motifs is 1. The van der Waals surface area contributed by atoms with E-state index in [1.54, 1.807) is 14.2 Å². The third kappa shape index (κ3) is 3.05. The number of ether oxygens (including phenoxy) is 2. The van der Waals surface area contributed by atoms with Crippen molar-refractivity contribution in [2.24, 2.45) is 16.0 Å². The molecule has 0 spiro atoms. The minimum absolute atomic E-state index is 0.158. The van der Waals surface area contributed by atoms with Crippen molar-refractivity contribution in [3.63, 3.8) is 0 Å². The van der Waals surface area contributed by atoms with Crippen molar-refractivity contribution in [3.05, 3.63) is 23.2 Å². The van der Waals surface area contributed by atoms with Crippen LogP contribution in [-0.4, -0.2) is 43.7 Å². The number of halogens is 1. The smallest absolute Gasteiger partial charge is 0.135 e. The predicted molar refractivity (Wildman–Crippen MR) is 90.0 cm³/mol. The Morgan fingerprint density at radius 3 is 3.05 bits per heavy atom. The van der Waals surface area contributed by atoms with Gasteiger partial charge in [-0.15, -0.1) is 0 Å². The van der Waals surface area contributed by atoms with Gasteiger partial charge in [0.1, 0.15) is 10.4 Å². The molecular formula is C15H21BrN4O2. The first-order valence-corrected chi connectivity index (χ1v) is 8.30. The molecule has 0 saturated carbocycles. The van der Waals surface area contributed by atoms with E-state index in [1.807, 2.05) is 6.21 Å². The first-order valence-electron chi connectivity index (χ1n) is 7.51. The van der Waals surface area contributed by atoms with Crippen molar-refractivity contribution >= 4 is 26.8 Å². The average Bonchev–Trinajstić information content (AvgIpc) is 2.94. The number of methoxy groups -OCH3 is 2. The maximum atomic E-state index is 5.52. The molecule has 3 atom stereocenters. The highest BCUT2D eigenvalue weighted by Gasteiger charge is 2.30. The Kier molecular flexibility index (Phi) is 4.83. The quantitative estimate of drug-likeness (QED) is 0.777. The molecule has 120 valence electrons. The van der Waals surface area contributed by atoms with Gasteiger partial charge in [0.2, 0.25) is 0 Å². The molecular weight excluding hydrogens is 348 g/mol. The number of aliphatic imine (C=N–C) groups is 1. The summed E-state index contributed by atoms with van der Waals surface area (Å²) in [5, 5.41) is 7.69. The van der Waals surface area contributed by atoms with Crippen molar-refractivity contribution in [1.82, 2.24) is 10.7 Å². The molecule has 0 saturated heterocycles. The third-order valence-electron chi connectivity index (χ3n) is 4.31. The minimum atomic E-state index is 0.158. The number of nitrogens with zero attached hydrogens (tertiary/aromatic N) is 2. The molecule has 0 amide bonds. The maximum absolute atomic E-state index is 5.52. The lowest BCUT2D eigenvalue weighted by molar-refractivity contribution is 0.102. The molecule has 6 nitrogen and oxygen atoms in total. The van der Waals surface area contributed by atoms with Crippen molar-refractivity contribution < 1.29 is 9.47 Å². The Labute approximate surface area is 138 Å². The van der Waals surface area contributed by atoms with Gasteiger partial charge in [-0.3, -0.25) is 0 Å². The van der Waals surface area contributed by atoms with Gasteiger partial charge in [0.05, 0.1) is 30.6 Å². The summed E-state index contributed by atoms with van der Waals surface area (Å²) in [4.78, 5) is 4.50. The van der Waals surface area contributed by atoms with Crippen LogP contribution < -0.4 is 10.7 Å². The van der Waals surface area contributed by atoms with Gasteiger partial charge in [-0.1, -0.05) is 0 Å². The maximum Gasteiger partial charge on any atom is 0.135 e. The Morgan fingerprint density at radius 1 is 1.41 bits per heavy atom. The molecule has 0 radical (unpaired) electrons. The molecule has 2 aliphatic heterocycles. The Morgan fingerprint density at radius 2 is 2.27 bits per heavy atom. The molecule has 7 heteroatoms. The highest BCUT2D eigenvalue weighted by atomic mass is 79.9. The van der Waals surface area contributed by atoms with Crippen LogP contribution in [0.4, 0.5) is 0 Å². The van der Waals surface area contributed by atoms with Gasteiger partial charge >= 0.3 is 0 Å². The lowest BCUT2D eigenvalue weighted by Gasteiger charge is -2.28. The highest BCUT2D eigenvalue weighted by Crippen LogP contribution is 2.28. The van der Waals surface area contributed by atoms with Crippen molar-refractivity contribution in [1.29, 1.82) is 0 Å². The second kappa shape index (κ2) is 6.83. The summed E-state index contributed by atoms with van der Waals surface area (Å²) in [7, 11) is 3.46. The van der Waals surface area contributed by atoms with Crippen LogP contribution in [0.5, 0.6) is 0 Å². The Hall–Kier alpha value is -1.34. The van der Waals surface area contributed by atoms with Crippen molar-refractivity contribution in [2.75, 3.05) is 20.8 Å². The molecule has 3 rings (SSSR count). The molecule has 3 unspecified atom stereocenters. The van der Waals surface area contributed by atoms with Gasteiger partial charge in [-0.2, -0.15) is 5.10 Å². The molecule has 2 N–H and O–H groups in total. The van der Waals surface area contributed by atoms with E-state index in [0.29, 0.717) is 5.92 Å². The number of hydrazone groups is 1. The zero-order valence-electron chi connectivity index (χ0n) is 12.8. The predicted octanol–water partition coefficient (Wildman–Crippen LogP) is 1.90. The van der Waals surface area contributed by atoms with Gasteiger partial charge in [0, 0.05) is 32.2 Å². The zero-order chi connectivity index (χ0) is 15.5. The summed E-state index contributed by atoms with van der Waals surface area (Å²) in [6, 6.07) is 0.219. The number of hydrogen-bond donors (Lipinski definition) is 2. The largest absolute Gasteiger partial charge is 0.501 e. The van der Waals surface area contributed by atoms with Crippen LogP contribution in [0.3, 0.4) is 0 Å². The second-order valence-electron chi connectivity index (χ2n) is 5.60. The molecule has 3 aliphatic rings. The Balaban J connectivity index is 1.69. The standard InChI is InChI=1S/C15H21BrN4O2/c1-21-10-4-3-9(12(7-10)22-2)8-18-15-13-11(5-6-17-15)19-20-14(13)16/h6-7,9-11,18-19H,3-5,8H2,1-2H3. The van der Waals surface area contributed by atoms with E-state index in [2.05, 4.69) is 42.8 Å². The van der Waals surface area contributed by atoms with Crippen LogP contribution in [0.2, 0.25) is 0 Å². The number of rotatable bonds is 5. The van der Waals surface area contributed by atoms with Crippen LogP contribution >= 0.6 is 15.9 Å². The molecule has 0 fully saturated rings. The summed E-state index contributed by atoms with van der Waals surface area (Å²) < 4.78 is 11.8. The summed E-state index contributed by atoms with van der Waals surface area (Å²) in [6.07, 6.45) is 7.08. The molecule has 0 aromatic heterocycles. The number of hydrogen-bond acceptors (Lipinski definition) is 6. The van der Waals surface area contributed by atoms with Crippen LogP contribution in [0.1, 0.15) is 19.3 Å². The van der Waals surface area contributed by atoms with Gasteiger partial charge in [-0.05, 0) is 34.8 Å². The summed E-state index contributed by atoms with van der Waals surface area (Å²) in [5.74, 6) is 2.22. The van der Waals surface area contributed by atoms with E-state index in [-0.39, 0.29) is 12.1 Å². The summed E-state index contributed by atoms with van der Waals surface area (Å²) in [5.41, 5.74) is 4.22. The summed E-state index contributed by atoms with van der Waals surface area (Å²) in [6.45, 7) is 0.791. The van der Waals surface area contributed by atoms with Crippen LogP contribution in [-0.2, 0) is 9.47 Å². The fraction of sp³-hybridized carbons (Fsp3) is 0.600. The first-order chi connectivity index (χ1) is 10.7. The molecule has 2 heterocycles. The van der Waals surface area contributed by atoms with Gasteiger partial charge in [0.25, 0.3) is 0 Å². The second-order valence-corrected chi connectivity index (χ2v) is 6.35. The Bertz CT molecular complexity index is 556.